The molecule has 7 nitrogen and oxygen atoms in total. The van der Waals surface area contributed by atoms with E-state index in [1.165, 1.54) is 12.1 Å². The highest BCUT2D eigenvalue weighted by Crippen LogP contribution is 2.41. The molecule has 3 aromatic rings. The van der Waals surface area contributed by atoms with E-state index in [2.05, 4.69) is 12.2 Å². The zero-order valence-electron chi connectivity index (χ0n) is 24.0. The Morgan fingerprint density at radius 1 is 0.950 bits per heavy atom. The molecule has 0 saturated carbocycles. The maximum Gasteiger partial charge on any atom is 0.250 e. The Balaban J connectivity index is 1.46. The fourth-order valence-electron chi connectivity index (χ4n) is 5.52. The number of aromatic nitrogens is 1. The Hall–Kier alpha value is -3.65. The molecule has 40 heavy (non-hydrogen) atoms. The van der Waals surface area contributed by atoms with Crippen LogP contribution in [0.2, 0.25) is 0 Å². The number of halogens is 1. The van der Waals surface area contributed by atoms with Crippen LogP contribution in [0, 0.1) is 11.2 Å². The lowest BCUT2D eigenvalue weighted by molar-refractivity contribution is -0.672. The Kier molecular flexibility index (Phi) is 9.63. The van der Waals surface area contributed by atoms with Crippen molar-refractivity contribution in [1.29, 1.82) is 0 Å². The van der Waals surface area contributed by atoms with Gasteiger partial charge in [-0.2, -0.15) is 0 Å². The van der Waals surface area contributed by atoms with E-state index in [1.54, 1.807) is 35.0 Å². The van der Waals surface area contributed by atoms with Crippen molar-refractivity contribution in [2.24, 2.45) is 5.41 Å². The summed E-state index contributed by atoms with van der Waals surface area (Å²) in [6.45, 7) is 11.8. The summed E-state index contributed by atoms with van der Waals surface area (Å²) >= 11 is 0. The van der Waals surface area contributed by atoms with Crippen molar-refractivity contribution in [2.75, 3.05) is 31.2 Å². The molecule has 1 aromatic heterocycles. The SMILES string of the molecule is CCOc1cc(C[NH2+]CCC2(CC)CC(=O)N(c3ccc(=O)n(CC)c3)C2)cc(OCC)c1-c1ccc(F)cc1. The van der Waals surface area contributed by atoms with E-state index in [1.807, 2.05) is 37.8 Å². The van der Waals surface area contributed by atoms with Gasteiger partial charge in [-0.25, -0.2) is 4.39 Å². The van der Waals surface area contributed by atoms with Gasteiger partial charge in [-0.15, -0.1) is 0 Å². The van der Waals surface area contributed by atoms with Gasteiger partial charge in [0.2, 0.25) is 5.91 Å². The van der Waals surface area contributed by atoms with Gasteiger partial charge in [0, 0.05) is 49.2 Å². The van der Waals surface area contributed by atoms with Crippen LogP contribution in [0.15, 0.2) is 59.5 Å². The zero-order valence-corrected chi connectivity index (χ0v) is 24.0. The smallest absolute Gasteiger partial charge is 0.250 e. The number of aryl methyl sites for hydroxylation is 1. The third kappa shape index (κ3) is 6.55. The number of nitrogens with two attached hydrogens (primary N) is 1. The normalized spacial score (nSPS) is 16.9. The van der Waals surface area contributed by atoms with Crippen molar-refractivity contribution in [2.45, 2.75) is 60.0 Å². The monoisotopic (exact) mass is 550 g/mol. The molecule has 1 aliphatic rings. The molecule has 1 aliphatic heterocycles. The van der Waals surface area contributed by atoms with Gasteiger partial charge in [0.05, 0.1) is 31.0 Å². The molecule has 8 heteroatoms. The van der Waals surface area contributed by atoms with Gasteiger partial charge < -0.3 is 24.3 Å². The van der Waals surface area contributed by atoms with E-state index in [-0.39, 0.29) is 22.7 Å². The average Bonchev–Trinajstić information content (AvgIpc) is 3.29. The molecule has 2 N–H and O–H groups in total. The first-order valence-corrected chi connectivity index (χ1v) is 14.3. The third-order valence-electron chi connectivity index (χ3n) is 7.81. The predicted molar refractivity (Wildman–Crippen MR) is 155 cm³/mol. The first kappa shape index (κ1) is 29.3. The van der Waals surface area contributed by atoms with Gasteiger partial charge in [0.15, 0.2) is 0 Å². The number of pyridine rings is 1. The van der Waals surface area contributed by atoms with Crippen molar-refractivity contribution in [3.8, 4) is 22.6 Å². The molecule has 2 heterocycles. The minimum absolute atomic E-state index is 0.0556. The van der Waals surface area contributed by atoms with Crippen LogP contribution in [-0.2, 0) is 17.9 Å². The molecule has 1 unspecified atom stereocenters. The summed E-state index contributed by atoms with van der Waals surface area (Å²) < 4.78 is 27.2. The van der Waals surface area contributed by atoms with Crippen molar-refractivity contribution in [1.82, 2.24) is 4.57 Å². The predicted octanol–water partition coefficient (Wildman–Crippen LogP) is 4.76. The van der Waals surface area contributed by atoms with Crippen molar-refractivity contribution in [3.05, 3.63) is 76.5 Å². The lowest BCUT2D eigenvalue weighted by Gasteiger charge is -2.27. The lowest BCUT2D eigenvalue weighted by Crippen LogP contribution is -2.83. The summed E-state index contributed by atoms with van der Waals surface area (Å²) in [5.74, 6) is 1.27. The maximum atomic E-state index is 13.6. The number of anilines is 1. The molecule has 1 amide bonds. The standard InChI is InChI=1S/C32H40FN3O4/c1-5-32(19-30(38)36(22-32)26-13-14-29(37)35(6-2)21-26)15-16-34-20-23-17-27(39-7-3)31(28(18-23)40-8-4)24-9-11-25(33)12-10-24/h9-14,17-18,21,34H,5-8,15-16,19-20,22H2,1-4H3/p+1. The molecule has 1 fully saturated rings. The van der Waals surface area contributed by atoms with Crippen molar-refractivity contribution >= 4 is 11.6 Å². The summed E-state index contributed by atoms with van der Waals surface area (Å²) in [5, 5.41) is 2.26. The number of rotatable bonds is 13. The first-order valence-electron chi connectivity index (χ1n) is 14.3. The first-order chi connectivity index (χ1) is 19.3. The van der Waals surface area contributed by atoms with Crippen LogP contribution in [0.1, 0.15) is 52.5 Å². The second kappa shape index (κ2) is 13.1. The van der Waals surface area contributed by atoms with E-state index < -0.39 is 0 Å². The summed E-state index contributed by atoms with van der Waals surface area (Å²) in [7, 11) is 0. The molecular formula is C32H41FN3O4+. The van der Waals surface area contributed by atoms with E-state index in [0.29, 0.717) is 32.7 Å². The van der Waals surface area contributed by atoms with Gasteiger partial charge in [-0.05, 0) is 63.1 Å². The number of quaternary nitrogens is 1. The molecule has 0 spiro atoms. The molecule has 0 aliphatic carbocycles. The van der Waals surface area contributed by atoms with Crippen molar-refractivity contribution < 1.29 is 24.0 Å². The Morgan fingerprint density at radius 3 is 2.23 bits per heavy atom. The van der Waals surface area contributed by atoms with E-state index >= 15 is 0 Å². The van der Waals surface area contributed by atoms with Crippen LogP contribution in [0.3, 0.4) is 0 Å². The maximum absolute atomic E-state index is 13.6. The second-order valence-electron chi connectivity index (χ2n) is 10.4. The molecular weight excluding hydrogens is 509 g/mol. The Morgan fingerprint density at radius 2 is 1.62 bits per heavy atom. The summed E-state index contributed by atoms with van der Waals surface area (Å²) in [6.07, 6.45) is 4.12. The average molecular weight is 551 g/mol. The summed E-state index contributed by atoms with van der Waals surface area (Å²) in [6, 6.07) is 13.8. The van der Waals surface area contributed by atoms with Gasteiger partial charge in [-0.3, -0.25) is 9.59 Å². The number of amides is 1. The largest absolute Gasteiger partial charge is 0.493 e. The topological polar surface area (TPSA) is 77.4 Å². The van der Waals surface area contributed by atoms with Gasteiger partial charge in [0.1, 0.15) is 23.9 Å². The minimum Gasteiger partial charge on any atom is -0.493 e. The molecule has 2 aromatic carbocycles. The zero-order chi connectivity index (χ0) is 28.7. The van der Waals surface area contributed by atoms with Crippen LogP contribution in [0.25, 0.3) is 11.1 Å². The van der Waals surface area contributed by atoms with Crippen LogP contribution >= 0.6 is 0 Å². The quantitative estimate of drug-likeness (QED) is 0.312. The molecule has 0 radical (unpaired) electrons. The highest BCUT2D eigenvalue weighted by molar-refractivity contribution is 5.96. The molecule has 0 bridgehead atoms. The number of nitrogens with zero attached hydrogens (tertiary/aromatic N) is 2. The third-order valence-corrected chi connectivity index (χ3v) is 7.81. The van der Waals surface area contributed by atoms with Crippen LogP contribution in [0.4, 0.5) is 10.1 Å². The number of hydrogen-bond donors (Lipinski definition) is 1. The van der Waals surface area contributed by atoms with E-state index in [9.17, 15) is 14.0 Å². The molecule has 1 atom stereocenters. The number of hydrogen-bond acceptors (Lipinski definition) is 4. The highest BCUT2D eigenvalue weighted by atomic mass is 19.1. The fraction of sp³-hybridized carbons (Fsp3) is 0.438. The molecule has 4 rings (SSSR count). The van der Waals surface area contributed by atoms with Crippen LogP contribution < -0.4 is 25.2 Å². The number of benzene rings is 2. The van der Waals surface area contributed by atoms with Crippen LogP contribution in [-0.4, -0.2) is 36.8 Å². The van der Waals surface area contributed by atoms with Gasteiger partial charge in [0.25, 0.3) is 5.56 Å². The number of carbonyl (C=O) groups excluding carboxylic acids is 1. The summed E-state index contributed by atoms with van der Waals surface area (Å²) in [4.78, 5) is 26.9. The van der Waals surface area contributed by atoms with Crippen molar-refractivity contribution in [3.63, 3.8) is 0 Å². The number of ether oxygens (including phenoxy) is 2. The Labute approximate surface area is 235 Å². The van der Waals surface area contributed by atoms with Gasteiger partial charge >= 0.3 is 0 Å². The van der Waals surface area contributed by atoms with Crippen LogP contribution in [0.5, 0.6) is 11.5 Å². The van der Waals surface area contributed by atoms with E-state index in [0.717, 1.165) is 59.8 Å². The highest BCUT2D eigenvalue weighted by Gasteiger charge is 2.42. The van der Waals surface area contributed by atoms with E-state index in [4.69, 9.17) is 9.47 Å². The Bertz CT molecular complexity index is 1340. The lowest BCUT2D eigenvalue weighted by atomic mass is 9.81. The molecule has 1 saturated heterocycles. The second-order valence-corrected chi connectivity index (χ2v) is 10.4. The molecule has 214 valence electrons. The summed E-state index contributed by atoms with van der Waals surface area (Å²) in [5.41, 5.74) is 3.39. The van der Waals surface area contributed by atoms with Gasteiger partial charge in [-0.1, -0.05) is 19.1 Å². The minimum atomic E-state index is -0.284. The number of carbonyl (C=O) groups is 1. The fourth-order valence-corrected chi connectivity index (χ4v) is 5.52.